The van der Waals surface area contributed by atoms with Gasteiger partial charge in [0.05, 0.1) is 6.04 Å². The highest BCUT2D eigenvalue weighted by molar-refractivity contribution is 5.68. The Bertz CT molecular complexity index is 256. The van der Waals surface area contributed by atoms with Crippen LogP contribution >= 0.6 is 0 Å². The fourth-order valence-electron chi connectivity index (χ4n) is 1.46. The van der Waals surface area contributed by atoms with Crippen LogP contribution in [0.4, 0.5) is 4.79 Å². The van der Waals surface area contributed by atoms with Gasteiger partial charge in [0.25, 0.3) is 0 Å². The molecule has 0 heterocycles. The van der Waals surface area contributed by atoms with E-state index in [0.29, 0.717) is 0 Å². The molecular formula is C11H20N2O2. The van der Waals surface area contributed by atoms with Gasteiger partial charge in [-0.3, -0.25) is 0 Å². The topological polar surface area (TPSA) is 64.3 Å². The van der Waals surface area contributed by atoms with Crippen molar-refractivity contribution in [1.29, 1.82) is 0 Å². The van der Waals surface area contributed by atoms with Gasteiger partial charge in [-0.25, -0.2) is 4.79 Å². The van der Waals surface area contributed by atoms with Crippen LogP contribution in [0.2, 0.25) is 0 Å². The van der Waals surface area contributed by atoms with Crippen molar-refractivity contribution in [3.63, 3.8) is 0 Å². The molecule has 1 aliphatic carbocycles. The Morgan fingerprint density at radius 1 is 1.40 bits per heavy atom. The molecule has 4 heteroatoms. The van der Waals surface area contributed by atoms with Crippen molar-refractivity contribution in [2.24, 2.45) is 5.73 Å². The van der Waals surface area contributed by atoms with Crippen LogP contribution in [0.1, 0.15) is 33.6 Å². The lowest BCUT2D eigenvalue weighted by Gasteiger charge is -2.28. The molecule has 1 aliphatic rings. The Hall–Kier alpha value is -1.03. The molecule has 2 unspecified atom stereocenters. The van der Waals surface area contributed by atoms with E-state index in [1.54, 1.807) is 0 Å². The Morgan fingerprint density at radius 3 is 2.53 bits per heavy atom. The van der Waals surface area contributed by atoms with Crippen molar-refractivity contribution in [1.82, 2.24) is 5.32 Å². The molecule has 0 aromatic rings. The fraction of sp³-hybridized carbons (Fsp3) is 0.727. The third-order valence-electron chi connectivity index (χ3n) is 2.18. The van der Waals surface area contributed by atoms with Gasteiger partial charge in [-0.1, -0.05) is 12.2 Å². The minimum Gasteiger partial charge on any atom is -0.444 e. The van der Waals surface area contributed by atoms with Gasteiger partial charge in [0.15, 0.2) is 0 Å². The highest BCUT2D eigenvalue weighted by Gasteiger charge is 2.23. The van der Waals surface area contributed by atoms with Crippen LogP contribution in [0.15, 0.2) is 12.2 Å². The molecule has 0 aliphatic heterocycles. The quantitative estimate of drug-likeness (QED) is 0.648. The smallest absolute Gasteiger partial charge is 0.407 e. The van der Waals surface area contributed by atoms with Crippen LogP contribution in [-0.4, -0.2) is 23.8 Å². The zero-order valence-electron chi connectivity index (χ0n) is 9.62. The lowest BCUT2D eigenvalue weighted by Crippen LogP contribution is -2.49. The Labute approximate surface area is 90.9 Å². The number of amides is 1. The molecular weight excluding hydrogens is 192 g/mol. The largest absolute Gasteiger partial charge is 0.444 e. The van der Waals surface area contributed by atoms with Crippen molar-refractivity contribution in [2.45, 2.75) is 51.3 Å². The average molecular weight is 212 g/mol. The molecule has 15 heavy (non-hydrogen) atoms. The number of carbonyl (C=O) groups is 1. The van der Waals surface area contributed by atoms with E-state index < -0.39 is 11.7 Å². The first-order valence-corrected chi connectivity index (χ1v) is 5.28. The second-order valence-corrected chi connectivity index (χ2v) is 4.86. The summed E-state index contributed by atoms with van der Waals surface area (Å²) >= 11 is 0. The minimum atomic E-state index is -0.460. The third kappa shape index (κ3) is 4.34. The molecule has 0 saturated carbocycles. The number of alkyl carbamates (subject to hydrolysis) is 1. The third-order valence-corrected chi connectivity index (χ3v) is 2.18. The number of ether oxygens (including phenoxy) is 1. The summed E-state index contributed by atoms with van der Waals surface area (Å²) in [4.78, 5) is 11.5. The predicted octanol–water partition coefficient (Wildman–Crippen LogP) is 1.56. The summed E-state index contributed by atoms with van der Waals surface area (Å²) < 4.78 is 5.16. The zero-order chi connectivity index (χ0) is 11.5. The van der Waals surface area contributed by atoms with E-state index >= 15 is 0 Å². The number of nitrogens with one attached hydrogen (secondary N) is 1. The molecule has 1 rings (SSSR count). The zero-order valence-corrected chi connectivity index (χ0v) is 9.62. The summed E-state index contributed by atoms with van der Waals surface area (Å²) in [6, 6.07) is -0.0210. The van der Waals surface area contributed by atoms with Crippen LogP contribution in [0.3, 0.4) is 0 Å². The lowest BCUT2D eigenvalue weighted by atomic mass is 9.97. The number of nitrogens with two attached hydrogens (primary N) is 1. The Balaban J connectivity index is 2.41. The summed E-state index contributed by atoms with van der Waals surface area (Å²) in [5.41, 5.74) is 5.41. The van der Waals surface area contributed by atoms with E-state index in [1.807, 2.05) is 32.9 Å². The number of hydrogen-bond donors (Lipinski definition) is 2. The van der Waals surface area contributed by atoms with Gasteiger partial charge in [0.2, 0.25) is 0 Å². The second-order valence-electron chi connectivity index (χ2n) is 4.86. The maximum atomic E-state index is 11.5. The molecule has 1 amide bonds. The van der Waals surface area contributed by atoms with Crippen molar-refractivity contribution < 1.29 is 9.53 Å². The van der Waals surface area contributed by atoms with Crippen molar-refractivity contribution in [3.8, 4) is 0 Å². The standard InChI is InChI=1S/C11H20N2O2/c1-11(2,3)15-10(14)13-9-7-5-4-6-8(9)12/h4-5,8-9H,6-7,12H2,1-3H3,(H,13,14). The van der Waals surface area contributed by atoms with Gasteiger partial charge in [-0.05, 0) is 33.6 Å². The summed E-state index contributed by atoms with van der Waals surface area (Å²) in [6.45, 7) is 5.52. The predicted molar refractivity (Wildman–Crippen MR) is 59.5 cm³/mol. The number of hydrogen-bond acceptors (Lipinski definition) is 3. The van der Waals surface area contributed by atoms with E-state index in [-0.39, 0.29) is 12.1 Å². The van der Waals surface area contributed by atoms with Gasteiger partial charge in [0, 0.05) is 6.04 Å². The van der Waals surface area contributed by atoms with E-state index in [9.17, 15) is 4.79 Å². The minimum absolute atomic E-state index is 0.00940. The highest BCUT2D eigenvalue weighted by Crippen LogP contribution is 2.12. The fourth-order valence-corrected chi connectivity index (χ4v) is 1.46. The molecule has 4 nitrogen and oxygen atoms in total. The van der Waals surface area contributed by atoms with Crippen LogP contribution in [0.25, 0.3) is 0 Å². The first-order valence-electron chi connectivity index (χ1n) is 5.28. The van der Waals surface area contributed by atoms with Gasteiger partial charge >= 0.3 is 6.09 Å². The van der Waals surface area contributed by atoms with E-state index in [4.69, 9.17) is 10.5 Å². The molecule has 3 N–H and O–H groups in total. The maximum Gasteiger partial charge on any atom is 0.407 e. The van der Waals surface area contributed by atoms with Crippen LogP contribution in [-0.2, 0) is 4.74 Å². The number of carbonyl (C=O) groups excluding carboxylic acids is 1. The molecule has 0 radical (unpaired) electrons. The van der Waals surface area contributed by atoms with Crippen LogP contribution in [0.5, 0.6) is 0 Å². The van der Waals surface area contributed by atoms with E-state index in [2.05, 4.69) is 5.32 Å². The molecule has 2 atom stereocenters. The molecule has 0 fully saturated rings. The summed E-state index contributed by atoms with van der Waals surface area (Å²) in [6.07, 6.45) is 5.27. The second kappa shape index (κ2) is 4.66. The molecule has 86 valence electrons. The van der Waals surface area contributed by atoms with Gasteiger partial charge in [-0.15, -0.1) is 0 Å². The van der Waals surface area contributed by atoms with Gasteiger partial charge < -0.3 is 15.8 Å². The van der Waals surface area contributed by atoms with E-state index in [0.717, 1.165) is 12.8 Å². The van der Waals surface area contributed by atoms with Crippen LogP contribution in [0, 0.1) is 0 Å². The molecule has 0 bridgehead atoms. The SMILES string of the molecule is CC(C)(C)OC(=O)NC1CC=CCC1N. The summed E-state index contributed by atoms with van der Waals surface area (Å²) in [5.74, 6) is 0. The first-order chi connectivity index (χ1) is 6.88. The van der Waals surface area contributed by atoms with Crippen molar-refractivity contribution in [3.05, 3.63) is 12.2 Å². The summed E-state index contributed by atoms with van der Waals surface area (Å²) in [5, 5.41) is 2.79. The lowest BCUT2D eigenvalue weighted by molar-refractivity contribution is 0.0496. The van der Waals surface area contributed by atoms with Crippen molar-refractivity contribution in [2.75, 3.05) is 0 Å². The monoisotopic (exact) mass is 212 g/mol. The molecule has 0 aromatic carbocycles. The Morgan fingerprint density at radius 2 is 2.00 bits per heavy atom. The molecule has 0 saturated heterocycles. The summed E-state index contributed by atoms with van der Waals surface area (Å²) in [7, 11) is 0. The highest BCUT2D eigenvalue weighted by atomic mass is 16.6. The number of rotatable bonds is 1. The first kappa shape index (κ1) is 12.0. The maximum absolute atomic E-state index is 11.5. The van der Waals surface area contributed by atoms with Crippen LogP contribution < -0.4 is 11.1 Å². The normalized spacial score (nSPS) is 26.1. The van der Waals surface area contributed by atoms with Crippen molar-refractivity contribution >= 4 is 6.09 Å². The Kier molecular flexibility index (Phi) is 3.74. The molecule has 0 aromatic heterocycles. The molecule has 0 spiro atoms. The van der Waals surface area contributed by atoms with Gasteiger partial charge in [0.1, 0.15) is 5.60 Å². The average Bonchev–Trinajstić information content (AvgIpc) is 2.05. The van der Waals surface area contributed by atoms with E-state index in [1.165, 1.54) is 0 Å². The van der Waals surface area contributed by atoms with Gasteiger partial charge in [-0.2, -0.15) is 0 Å².